The molecule has 1 amide bonds. The second kappa shape index (κ2) is 7.81. The highest BCUT2D eigenvalue weighted by molar-refractivity contribution is 6.31. The lowest BCUT2D eigenvalue weighted by Crippen LogP contribution is -2.13. The van der Waals surface area contributed by atoms with Crippen LogP contribution < -0.4 is 10.6 Å². The fourth-order valence-electron chi connectivity index (χ4n) is 2.30. The van der Waals surface area contributed by atoms with E-state index in [1.807, 2.05) is 43.3 Å². The monoisotopic (exact) mass is 351 g/mol. The first-order valence-corrected chi connectivity index (χ1v) is 8.31. The van der Waals surface area contributed by atoms with E-state index in [1.54, 1.807) is 18.3 Å². The van der Waals surface area contributed by atoms with Crippen LogP contribution in [0.15, 0.2) is 66.9 Å². The van der Waals surface area contributed by atoms with Gasteiger partial charge in [0.15, 0.2) is 0 Å². The molecule has 0 bridgehead atoms. The van der Waals surface area contributed by atoms with Gasteiger partial charge >= 0.3 is 0 Å². The average Bonchev–Trinajstić information content (AvgIpc) is 2.64. The van der Waals surface area contributed by atoms with Crippen LogP contribution in [-0.4, -0.2) is 10.9 Å². The Morgan fingerprint density at radius 3 is 2.48 bits per heavy atom. The molecule has 25 heavy (non-hydrogen) atoms. The van der Waals surface area contributed by atoms with E-state index in [4.69, 9.17) is 11.6 Å². The van der Waals surface area contributed by atoms with Crippen LogP contribution >= 0.6 is 11.6 Å². The summed E-state index contributed by atoms with van der Waals surface area (Å²) in [6.07, 6.45) is 1.65. The Kier molecular flexibility index (Phi) is 5.31. The first kappa shape index (κ1) is 17.0. The van der Waals surface area contributed by atoms with Gasteiger partial charge in [-0.25, -0.2) is 4.98 Å². The Morgan fingerprint density at radius 2 is 1.80 bits per heavy atom. The lowest BCUT2D eigenvalue weighted by Gasteiger charge is -2.08. The minimum absolute atomic E-state index is 0.269. The van der Waals surface area contributed by atoms with E-state index < -0.39 is 0 Å². The maximum Gasteiger partial charge on any atom is 0.274 e. The van der Waals surface area contributed by atoms with Crippen LogP contribution in [0.3, 0.4) is 0 Å². The molecule has 0 saturated heterocycles. The Hall–Kier alpha value is -2.85. The number of rotatable bonds is 5. The molecule has 5 heteroatoms. The summed E-state index contributed by atoms with van der Waals surface area (Å²) >= 11 is 6.07. The summed E-state index contributed by atoms with van der Waals surface area (Å²) in [5, 5.41) is 6.69. The van der Waals surface area contributed by atoms with E-state index in [1.165, 1.54) is 5.56 Å². The van der Waals surface area contributed by atoms with Crippen molar-refractivity contribution in [2.24, 2.45) is 0 Å². The van der Waals surface area contributed by atoms with Crippen molar-refractivity contribution < 1.29 is 4.79 Å². The van der Waals surface area contributed by atoms with Crippen LogP contribution in [0.5, 0.6) is 0 Å². The molecule has 0 aliphatic heterocycles. The predicted octanol–water partition coefficient (Wildman–Crippen LogP) is 4.91. The van der Waals surface area contributed by atoms with Crippen LogP contribution in [0.4, 0.5) is 11.4 Å². The second-order valence-corrected chi connectivity index (χ2v) is 6.10. The van der Waals surface area contributed by atoms with Gasteiger partial charge in [-0.1, -0.05) is 48.0 Å². The summed E-state index contributed by atoms with van der Waals surface area (Å²) < 4.78 is 0. The summed E-state index contributed by atoms with van der Waals surface area (Å²) in [7, 11) is 0. The average molecular weight is 352 g/mol. The number of amides is 1. The number of aromatic nitrogens is 1. The quantitative estimate of drug-likeness (QED) is 0.686. The zero-order chi connectivity index (χ0) is 17.6. The molecule has 0 aliphatic rings. The molecule has 1 heterocycles. The molecule has 0 aliphatic carbocycles. The van der Waals surface area contributed by atoms with Crippen molar-refractivity contribution in [2.45, 2.75) is 13.5 Å². The van der Waals surface area contributed by atoms with Gasteiger partial charge in [0, 0.05) is 17.3 Å². The SMILES string of the molecule is Cc1ccc(NC(=O)c2ccc(NCc3ccccc3)cn2)cc1Cl. The van der Waals surface area contributed by atoms with Gasteiger partial charge in [0.05, 0.1) is 11.9 Å². The fourth-order valence-corrected chi connectivity index (χ4v) is 2.48. The molecule has 2 aromatic carbocycles. The number of pyridine rings is 1. The molecular formula is C20H18ClN3O. The first-order valence-electron chi connectivity index (χ1n) is 7.93. The first-order chi connectivity index (χ1) is 12.1. The smallest absolute Gasteiger partial charge is 0.274 e. The Labute approximate surface area is 151 Å². The highest BCUT2D eigenvalue weighted by Crippen LogP contribution is 2.20. The van der Waals surface area contributed by atoms with Crippen molar-refractivity contribution in [3.8, 4) is 0 Å². The van der Waals surface area contributed by atoms with Crippen molar-refractivity contribution in [1.29, 1.82) is 0 Å². The molecule has 0 atom stereocenters. The van der Waals surface area contributed by atoms with E-state index in [2.05, 4.69) is 27.8 Å². The molecular weight excluding hydrogens is 334 g/mol. The van der Waals surface area contributed by atoms with E-state index in [0.29, 0.717) is 22.9 Å². The fraction of sp³-hybridized carbons (Fsp3) is 0.100. The molecule has 3 rings (SSSR count). The largest absolute Gasteiger partial charge is 0.380 e. The predicted molar refractivity (Wildman–Crippen MR) is 102 cm³/mol. The lowest BCUT2D eigenvalue weighted by molar-refractivity contribution is 0.102. The Balaban J connectivity index is 1.61. The molecule has 0 radical (unpaired) electrons. The molecule has 0 saturated carbocycles. The molecule has 0 unspecified atom stereocenters. The lowest BCUT2D eigenvalue weighted by atomic mass is 10.2. The third-order valence-electron chi connectivity index (χ3n) is 3.77. The molecule has 1 aromatic heterocycles. The van der Waals surface area contributed by atoms with Crippen molar-refractivity contribution in [2.75, 3.05) is 10.6 Å². The summed E-state index contributed by atoms with van der Waals surface area (Å²) in [6.45, 7) is 2.62. The number of benzene rings is 2. The summed E-state index contributed by atoms with van der Waals surface area (Å²) in [5.41, 5.74) is 4.00. The van der Waals surface area contributed by atoms with Gasteiger partial charge < -0.3 is 10.6 Å². The molecule has 2 N–H and O–H groups in total. The normalized spacial score (nSPS) is 10.3. The number of hydrogen-bond acceptors (Lipinski definition) is 3. The molecule has 0 fully saturated rings. The summed E-state index contributed by atoms with van der Waals surface area (Å²) in [5.74, 6) is -0.269. The zero-order valence-corrected chi connectivity index (χ0v) is 14.5. The van der Waals surface area contributed by atoms with Gasteiger partial charge in [-0.2, -0.15) is 0 Å². The van der Waals surface area contributed by atoms with Crippen LogP contribution in [0.1, 0.15) is 21.6 Å². The van der Waals surface area contributed by atoms with Crippen LogP contribution in [-0.2, 0) is 6.54 Å². The highest BCUT2D eigenvalue weighted by atomic mass is 35.5. The molecule has 4 nitrogen and oxygen atoms in total. The van der Waals surface area contributed by atoms with E-state index >= 15 is 0 Å². The second-order valence-electron chi connectivity index (χ2n) is 5.69. The molecule has 3 aromatic rings. The summed E-state index contributed by atoms with van der Waals surface area (Å²) in [4.78, 5) is 16.5. The number of carbonyl (C=O) groups excluding carboxylic acids is 1. The van der Waals surface area contributed by atoms with E-state index in [0.717, 1.165) is 11.3 Å². The zero-order valence-electron chi connectivity index (χ0n) is 13.8. The number of carbonyl (C=O) groups is 1. The van der Waals surface area contributed by atoms with Crippen molar-refractivity contribution in [3.63, 3.8) is 0 Å². The van der Waals surface area contributed by atoms with Gasteiger partial charge in [-0.05, 0) is 42.3 Å². The Morgan fingerprint density at radius 1 is 1.04 bits per heavy atom. The van der Waals surface area contributed by atoms with Gasteiger partial charge in [0.1, 0.15) is 5.69 Å². The number of hydrogen-bond donors (Lipinski definition) is 2. The summed E-state index contributed by atoms with van der Waals surface area (Å²) in [6, 6.07) is 19.0. The minimum atomic E-state index is -0.269. The van der Waals surface area contributed by atoms with Crippen molar-refractivity contribution in [1.82, 2.24) is 4.98 Å². The van der Waals surface area contributed by atoms with Gasteiger partial charge in [0.2, 0.25) is 0 Å². The number of anilines is 2. The number of nitrogens with one attached hydrogen (secondary N) is 2. The van der Waals surface area contributed by atoms with Gasteiger partial charge in [0.25, 0.3) is 5.91 Å². The molecule has 126 valence electrons. The van der Waals surface area contributed by atoms with Gasteiger partial charge in [-0.3, -0.25) is 4.79 Å². The van der Waals surface area contributed by atoms with Crippen molar-refractivity contribution >= 4 is 28.9 Å². The van der Waals surface area contributed by atoms with Crippen molar-refractivity contribution in [3.05, 3.63) is 88.7 Å². The Bertz CT molecular complexity index is 864. The van der Waals surface area contributed by atoms with Crippen LogP contribution in [0.25, 0.3) is 0 Å². The number of halogens is 1. The maximum absolute atomic E-state index is 12.3. The standard InChI is InChI=1S/C20H18ClN3O/c1-14-7-8-16(11-18(14)21)24-20(25)19-10-9-17(13-23-19)22-12-15-5-3-2-4-6-15/h2-11,13,22H,12H2,1H3,(H,24,25). The highest BCUT2D eigenvalue weighted by Gasteiger charge is 2.08. The number of aryl methyl sites for hydroxylation is 1. The maximum atomic E-state index is 12.3. The molecule has 0 spiro atoms. The van der Waals surface area contributed by atoms with Crippen LogP contribution in [0.2, 0.25) is 5.02 Å². The van der Waals surface area contributed by atoms with Crippen LogP contribution in [0, 0.1) is 6.92 Å². The van der Waals surface area contributed by atoms with E-state index in [-0.39, 0.29) is 5.91 Å². The third kappa shape index (κ3) is 4.58. The minimum Gasteiger partial charge on any atom is -0.380 e. The van der Waals surface area contributed by atoms with E-state index in [9.17, 15) is 4.79 Å². The topological polar surface area (TPSA) is 54.0 Å². The number of nitrogens with zero attached hydrogens (tertiary/aromatic N) is 1. The van der Waals surface area contributed by atoms with Gasteiger partial charge in [-0.15, -0.1) is 0 Å². The third-order valence-corrected chi connectivity index (χ3v) is 4.17.